The zero-order valence-corrected chi connectivity index (χ0v) is 10.0. The Kier molecular flexibility index (Phi) is 3.43. The Morgan fingerprint density at radius 3 is 3.00 bits per heavy atom. The lowest BCUT2D eigenvalue weighted by Gasteiger charge is -2.28. The van der Waals surface area contributed by atoms with Crippen molar-refractivity contribution in [3.05, 3.63) is 5.69 Å². The topological polar surface area (TPSA) is 66.0 Å². The van der Waals surface area contributed by atoms with Crippen LogP contribution in [0.15, 0.2) is 0 Å². The molecule has 90 valence electrons. The maximum atomic E-state index is 5.80. The van der Waals surface area contributed by atoms with Crippen molar-refractivity contribution in [2.45, 2.75) is 51.2 Å². The van der Waals surface area contributed by atoms with E-state index >= 15 is 0 Å². The minimum atomic E-state index is 0.355. The molecule has 1 saturated carbocycles. The smallest absolute Gasteiger partial charge is 0.169 e. The van der Waals surface area contributed by atoms with Gasteiger partial charge in [0.1, 0.15) is 0 Å². The second-order valence-corrected chi connectivity index (χ2v) is 4.40. The highest BCUT2D eigenvalue weighted by Crippen LogP contribution is 2.31. The fourth-order valence-corrected chi connectivity index (χ4v) is 2.52. The van der Waals surface area contributed by atoms with E-state index in [-0.39, 0.29) is 0 Å². The molecule has 0 saturated heterocycles. The van der Waals surface area contributed by atoms with Gasteiger partial charge < -0.3 is 10.5 Å². The summed E-state index contributed by atoms with van der Waals surface area (Å²) in [7, 11) is 1.78. The number of ether oxygens (including phenoxy) is 1. The molecule has 0 bridgehead atoms. The van der Waals surface area contributed by atoms with Crippen LogP contribution in [0.5, 0.6) is 0 Å². The minimum absolute atomic E-state index is 0.355. The lowest BCUT2D eigenvalue weighted by atomic mass is 9.93. The molecule has 5 heteroatoms. The van der Waals surface area contributed by atoms with E-state index in [4.69, 9.17) is 10.5 Å². The predicted octanol–water partition coefficient (Wildman–Crippen LogP) is 1.55. The second-order valence-electron chi connectivity index (χ2n) is 4.40. The monoisotopic (exact) mass is 224 g/mol. The minimum Gasteiger partial charge on any atom is -0.381 e. The van der Waals surface area contributed by atoms with Gasteiger partial charge in [0.2, 0.25) is 0 Å². The molecule has 1 fully saturated rings. The van der Waals surface area contributed by atoms with Crippen LogP contribution in [0.1, 0.15) is 44.3 Å². The maximum Gasteiger partial charge on any atom is 0.169 e. The summed E-state index contributed by atoms with van der Waals surface area (Å²) in [5, 5.41) is 8.13. The Morgan fingerprint density at radius 1 is 1.50 bits per heavy atom. The zero-order valence-electron chi connectivity index (χ0n) is 10.0. The van der Waals surface area contributed by atoms with Crippen LogP contribution in [0.25, 0.3) is 0 Å². The van der Waals surface area contributed by atoms with Gasteiger partial charge >= 0.3 is 0 Å². The van der Waals surface area contributed by atoms with Crippen LogP contribution < -0.4 is 5.73 Å². The predicted molar refractivity (Wildman–Crippen MR) is 62.1 cm³/mol. The van der Waals surface area contributed by atoms with E-state index in [9.17, 15) is 0 Å². The SMILES string of the molecule is CCc1c(N)nnn1C1CCCC(OC)C1. The largest absolute Gasteiger partial charge is 0.381 e. The summed E-state index contributed by atoms with van der Waals surface area (Å²) >= 11 is 0. The van der Waals surface area contributed by atoms with E-state index in [1.807, 2.05) is 4.68 Å². The van der Waals surface area contributed by atoms with Gasteiger partial charge in [-0.2, -0.15) is 0 Å². The molecule has 2 atom stereocenters. The van der Waals surface area contributed by atoms with Gasteiger partial charge in [-0.25, -0.2) is 4.68 Å². The van der Waals surface area contributed by atoms with Crippen molar-refractivity contribution in [2.24, 2.45) is 0 Å². The van der Waals surface area contributed by atoms with Gasteiger partial charge in [-0.1, -0.05) is 12.1 Å². The number of anilines is 1. The first-order valence-corrected chi connectivity index (χ1v) is 5.98. The zero-order chi connectivity index (χ0) is 11.5. The van der Waals surface area contributed by atoms with Crippen LogP contribution in [0.2, 0.25) is 0 Å². The van der Waals surface area contributed by atoms with Gasteiger partial charge in [0.25, 0.3) is 0 Å². The molecule has 1 aromatic heterocycles. The van der Waals surface area contributed by atoms with Gasteiger partial charge in [-0.05, 0) is 32.1 Å². The Balaban J connectivity index is 2.16. The third-order valence-corrected chi connectivity index (χ3v) is 3.43. The Labute approximate surface area is 96.0 Å². The normalized spacial score (nSPS) is 25.9. The molecular weight excluding hydrogens is 204 g/mol. The summed E-state index contributed by atoms with van der Waals surface area (Å²) in [5.41, 5.74) is 6.86. The van der Waals surface area contributed by atoms with Gasteiger partial charge in [0, 0.05) is 7.11 Å². The average molecular weight is 224 g/mol. The highest BCUT2D eigenvalue weighted by atomic mass is 16.5. The molecule has 1 aliphatic carbocycles. The molecule has 0 amide bonds. The summed E-state index contributed by atoms with van der Waals surface area (Å²) in [5.74, 6) is 0.571. The summed E-state index contributed by atoms with van der Waals surface area (Å²) < 4.78 is 7.43. The summed E-state index contributed by atoms with van der Waals surface area (Å²) in [6, 6.07) is 0.401. The summed E-state index contributed by atoms with van der Waals surface area (Å²) in [4.78, 5) is 0. The van der Waals surface area contributed by atoms with E-state index in [0.717, 1.165) is 31.4 Å². The van der Waals surface area contributed by atoms with E-state index < -0.39 is 0 Å². The number of methoxy groups -OCH3 is 1. The fourth-order valence-electron chi connectivity index (χ4n) is 2.52. The summed E-state index contributed by atoms with van der Waals surface area (Å²) in [6.07, 6.45) is 5.74. The molecule has 1 aliphatic rings. The first kappa shape index (κ1) is 11.4. The highest BCUT2D eigenvalue weighted by molar-refractivity contribution is 5.33. The molecule has 0 aliphatic heterocycles. The first-order chi connectivity index (χ1) is 7.76. The van der Waals surface area contributed by atoms with Crippen molar-refractivity contribution >= 4 is 5.82 Å². The third-order valence-electron chi connectivity index (χ3n) is 3.43. The standard InChI is InChI=1S/C11H20N4O/c1-3-10-11(12)13-14-15(10)8-5-4-6-9(7-8)16-2/h8-9H,3-7,12H2,1-2H3. The average Bonchev–Trinajstić information content (AvgIpc) is 2.70. The van der Waals surface area contributed by atoms with Gasteiger partial charge in [-0.3, -0.25) is 0 Å². The van der Waals surface area contributed by atoms with E-state index in [2.05, 4.69) is 17.2 Å². The number of rotatable bonds is 3. The summed E-state index contributed by atoms with van der Waals surface area (Å²) in [6.45, 7) is 2.09. The van der Waals surface area contributed by atoms with Crippen LogP contribution in [0.3, 0.4) is 0 Å². The molecular formula is C11H20N4O. The Bertz CT molecular complexity index is 350. The van der Waals surface area contributed by atoms with E-state index in [1.165, 1.54) is 6.42 Å². The van der Waals surface area contributed by atoms with Crippen molar-refractivity contribution < 1.29 is 4.74 Å². The molecule has 0 radical (unpaired) electrons. The highest BCUT2D eigenvalue weighted by Gasteiger charge is 2.25. The lowest BCUT2D eigenvalue weighted by molar-refractivity contribution is 0.0499. The molecule has 2 rings (SSSR count). The number of nitrogen functional groups attached to an aromatic ring is 1. The fraction of sp³-hybridized carbons (Fsp3) is 0.818. The molecule has 16 heavy (non-hydrogen) atoms. The molecule has 0 aromatic carbocycles. The van der Waals surface area contributed by atoms with Crippen LogP contribution in [-0.2, 0) is 11.2 Å². The second kappa shape index (κ2) is 4.82. The number of aromatic nitrogens is 3. The van der Waals surface area contributed by atoms with Crippen molar-refractivity contribution in [1.82, 2.24) is 15.0 Å². The van der Waals surface area contributed by atoms with Crippen molar-refractivity contribution in [3.8, 4) is 0 Å². The van der Waals surface area contributed by atoms with Gasteiger partial charge in [-0.15, -0.1) is 5.10 Å². The Morgan fingerprint density at radius 2 is 2.31 bits per heavy atom. The number of hydrogen-bond acceptors (Lipinski definition) is 4. The molecule has 5 nitrogen and oxygen atoms in total. The van der Waals surface area contributed by atoms with Gasteiger partial charge in [0.15, 0.2) is 5.82 Å². The van der Waals surface area contributed by atoms with E-state index in [0.29, 0.717) is 18.0 Å². The van der Waals surface area contributed by atoms with Crippen molar-refractivity contribution in [1.29, 1.82) is 0 Å². The van der Waals surface area contributed by atoms with Crippen molar-refractivity contribution in [2.75, 3.05) is 12.8 Å². The van der Waals surface area contributed by atoms with Crippen LogP contribution in [0, 0.1) is 0 Å². The quantitative estimate of drug-likeness (QED) is 0.846. The van der Waals surface area contributed by atoms with Gasteiger partial charge in [0.05, 0.1) is 17.8 Å². The lowest BCUT2D eigenvalue weighted by Crippen LogP contribution is -2.25. The first-order valence-electron chi connectivity index (χ1n) is 5.98. The Hall–Kier alpha value is -1.10. The number of nitrogens with two attached hydrogens (primary N) is 1. The molecule has 1 aromatic rings. The third kappa shape index (κ3) is 2.04. The molecule has 1 heterocycles. The van der Waals surface area contributed by atoms with Crippen LogP contribution >= 0.6 is 0 Å². The number of nitrogens with zero attached hydrogens (tertiary/aromatic N) is 3. The number of hydrogen-bond donors (Lipinski definition) is 1. The maximum absolute atomic E-state index is 5.80. The van der Waals surface area contributed by atoms with E-state index in [1.54, 1.807) is 7.11 Å². The van der Waals surface area contributed by atoms with Crippen molar-refractivity contribution in [3.63, 3.8) is 0 Å². The molecule has 0 spiro atoms. The van der Waals surface area contributed by atoms with Crippen LogP contribution in [-0.4, -0.2) is 28.2 Å². The van der Waals surface area contributed by atoms with Crippen LogP contribution in [0.4, 0.5) is 5.82 Å². The molecule has 2 unspecified atom stereocenters. The molecule has 2 N–H and O–H groups in total.